The summed E-state index contributed by atoms with van der Waals surface area (Å²) < 4.78 is 10.5. The van der Waals surface area contributed by atoms with Crippen molar-refractivity contribution in [1.29, 1.82) is 0 Å². The number of hydrogen-bond donors (Lipinski definition) is 1. The van der Waals surface area contributed by atoms with E-state index in [1.165, 1.54) is 19.3 Å². The zero-order valence-corrected chi connectivity index (χ0v) is 14.0. The van der Waals surface area contributed by atoms with E-state index in [1.54, 1.807) is 20.4 Å². The summed E-state index contributed by atoms with van der Waals surface area (Å²) in [7, 11) is 3.22. The Labute approximate surface area is 137 Å². The van der Waals surface area contributed by atoms with E-state index in [0.717, 1.165) is 17.7 Å². The lowest BCUT2D eigenvalue weighted by molar-refractivity contribution is -0.123. The van der Waals surface area contributed by atoms with E-state index in [4.69, 9.17) is 9.47 Å². The molecule has 23 heavy (non-hydrogen) atoms. The topological polar surface area (TPSA) is 59.9 Å². The molecule has 2 saturated carbocycles. The second-order valence-electron chi connectivity index (χ2n) is 6.68. The first-order valence-electron chi connectivity index (χ1n) is 8.15. The van der Waals surface area contributed by atoms with Crippen molar-refractivity contribution in [2.24, 2.45) is 22.4 Å². The molecule has 5 heteroatoms. The molecule has 0 radical (unpaired) electrons. The number of benzene rings is 1. The van der Waals surface area contributed by atoms with E-state index in [0.29, 0.717) is 11.7 Å². The molecule has 0 heterocycles. The first-order chi connectivity index (χ1) is 11.1. The fourth-order valence-electron chi connectivity index (χ4n) is 4.03. The number of nitrogens with one attached hydrogen (secondary N) is 1. The number of nitrogens with zero attached hydrogens (tertiary/aromatic N) is 1. The number of rotatable bonds is 5. The maximum Gasteiger partial charge on any atom is 0.244 e. The lowest BCUT2D eigenvalue weighted by Crippen LogP contribution is -2.22. The molecule has 1 N–H and O–H groups in total. The molecule has 0 aliphatic heterocycles. The first-order valence-corrected chi connectivity index (χ1v) is 8.15. The van der Waals surface area contributed by atoms with Gasteiger partial charge in [-0.3, -0.25) is 4.79 Å². The van der Waals surface area contributed by atoms with Crippen molar-refractivity contribution in [2.75, 3.05) is 14.2 Å². The average molecular weight is 316 g/mol. The van der Waals surface area contributed by atoms with Gasteiger partial charge >= 0.3 is 0 Å². The predicted molar refractivity (Wildman–Crippen MR) is 88.8 cm³/mol. The normalized spacial score (nSPS) is 29.0. The largest absolute Gasteiger partial charge is 0.497 e. The van der Waals surface area contributed by atoms with Gasteiger partial charge < -0.3 is 9.47 Å². The van der Waals surface area contributed by atoms with E-state index in [1.807, 2.05) is 18.2 Å². The highest BCUT2D eigenvalue weighted by Gasteiger charge is 2.64. The second kappa shape index (κ2) is 6.22. The van der Waals surface area contributed by atoms with Gasteiger partial charge in [0.1, 0.15) is 11.5 Å². The van der Waals surface area contributed by atoms with E-state index in [-0.39, 0.29) is 17.2 Å². The van der Waals surface area contributed by atoms with Gasteiger partial charge in [-0.2, -0.15) is 5.10 Å². The monoisotopic (exact) mass is 316 g/mol. The highest BCUT2D eigenvalue weighted by molar-refractivity contribution is 5.87. The van der Waals surface area contributed by atoms with Crippen LogP contribution in [0.1, 0.15) is 38.2 Å². The van der Waals surface area contributed by atoms with Gasteiger partial charge in [-0.25, -0.2) is 5.43 Å². The molecule has 0 saturated heterocycles. The molecule has 2 aliphatic carbocycles. The van der Waals surface area contributed by atoms with E-state index in [2.05, 4.69) is 17.5 Å². The highest BCUT2D eigenvalue weighted by atomic mass is 16.5. The van der Waals surface area contributed by atoms with Crippen LogP contribution < -0.4 is 14.9 Å². The van der Waals surface area contributed by atoms with Crippen molar-refractivity contribution in [2.45, 2.75) is 32.6 Å². The van der Waals surface area contributed by atoms with E-state index in [9.17, 15) is 4.79 Å². The van der Waals surface area contributed by atoms with Crippen molar-refractivity contribution in [3.05, 3.63) is 23.8 Å². The fourth-order valence-corrected chi connectivity index (χ4v) is 4.03. The highest BCUT2D eigenvalue weighted by Crippen LogP contribution is 2.66. The van der Waals surface area contributed by atoms with Gasteiger partial charge in [-0.15, -0.1) is 0 Å². The molecule has 0 spiro atoms. The van der Waals surface area contributed by atoms with Gasteiger partial charge in [0.05, 0.1) is 20.4 Å². The van der Waals surface area contributed by atoms with Crippen LogP contribution in [0.4, 0.5) is 0 Å². The second-order valence-corrected chi connectivity index (χ2v) is 6.68. The molecule has 1 aromatic carbocycles. The molecule has 2 fully saturated rings. The van der Waals surface area contributed by atoms with Crippen molar-refractivity contribution in [3.63, 3.8) is 0 Å². The Morgan fingerprint density at radius 2 is 2.17 bits per heavy atom. The van der Waals surface area contributed by atoms with Crippen LogP contribution in [0.2, 0.25) is 0 Å². The SMILES string of the molecule is COc1ccc(OC)c(/C=N\NC(=O)[C@H]2[C@H]3CCCC[C@@]32C)c1. The lowest BCUT2D eigenvalue weighted by Gasteiger charge is -2.15. The molecule has 5 nitrogen and oxygen atoms in total. The number of ether oxygens (including phenoxy) is 2. The van der Waals surface area contributed by atoms with Gasteiger partial charge in [0, 0.05) is 11.5 Å². The fraction of sp³-hybridized carbons (Fsp3) is 0.556. The van der Waals surface area contributed by atoms with Crippen LogP contribution in [0.15, 0.2) is 23.3 Å². The van der Waals surface area contributed by atoms with Crippen LogP contribution >= 0.6 is 0 Å². The van der Waals surface area contributed by atoms with Gasteiger partial charge in [0.15, 0.2) is 0 Å². The Morgan fingerprint density at radius 1 is 1.35 bits per heavy atom. The van der Waals surface area contributed by atoms with Crippen LogP contribution in [0.5, 0.6) is 11.5 Å². The third kappa shape index (κ3) is 2.92. The Hall–Kier alpha value is -2.04. The van der Waals surface area contributed by atoms with E-state index >= 15 is 0 Å². The third-order valence-corrected chi connectivity index (χ3v) is 5.43. The van der Waals surface area contributed by atoms with Crippen LogP contribution in [0, 0.1) is 17.3 Å². The number of amides is 1. The van der Waals surface area contributed by atoms with Crippen molar-refractivity contribution in [1.82, 2.24) is 5.43 Å². The van der Waals surface area contributed by atoms with Gasteiger partial charge in [-0.05, 0) is 42.4 Å². The molecule has 3 atom stereocenters. The Kier molecular flexibility index (Phi) is 4.28. The zero-order chi connectivity index (χ0) is 16.4. The molecule has 0 aromatic heterocycles. The standard InChI is InChI=1S/C18H24N2O3/c1-18-9-5-4-6-14(18)16(18)17(21)20-19-11-12-10-13(22-2)7-8-15(12)23-3/h7-8,10-11,14,16H,4-6,9H2,1-3H3,(H,20,21)/b19-11-/t14-,16-,18+/m1/s1. The van der Waals surface area contributed by atoms with Crippen LogP contribution in [0.3, 0.4) is 0 Å². The number of carbonyl (C=O) groups excluding carboxylic acids is 1. The maximum absolute atomic E-state index is 12.4. The summed E-state index contributed by atoms with van der Waals surface area (Å²) >= 11 is 0. The summed E-state index contributed by atoms with van der Waals surface area (Å²) in [5.41, 5.74) is 3.67. The summed E-state index contributed by atoms with van der Waals surface area (Å²) in [6.45, 7) is 2.23. The van der Waals surface area contributed by atoms with Gasteiger partial charge in [-0.1, -0.05) is 19.8 Å². The van der Waals surface area contributed by atoms with Crippen LogP contribution in [0.25, 0.3) is 0 Å². The van der Waals surface area contributed by atoms with Crippen LogP contribution in [-0.4, -0.2) is 26.3 Å². The zero-order valence-electron chi connectivity index (χ0n) is 14.0. The smallest absolute Gasteiger partial charge is 0.244 e. The van der Waals surface area contributed by atoms with E-state index < -0.39 is 0 Å². The lowest BCUT2D eigenvalue weighted by atomic mass is 9.90. The molecule has 124 valence electrons. The summed E-state index contributed by atoms with van der Waals surface area (Å²) in [6, 6.07) is 5.47. The summed E-state index contributed by atoms with van der Waals surface area (Å²) in [5.74, 6) is 2.11. The number of hydrogen-bond acceptors (Lipinski definition) is 4. The molecule has 3 rings (SSSR count). The first kappa shape index (κ1) is 15.8. The Balaban J connectivity index is 1.64. The van der Waals surface area contributed by atoms with Gasteiger partial charge in [0.2, 0.25) is 5.91 Å². The molecule has 0 unspecified atom stereocenters. The quantitative estimate of drug-likeness (QED) is 0.671. The van der Waals surface area contributed by atoms with Crippen molar-refractivity contribution < 1.29 is 14.3 Å². The average Bonchev–Trinajstić information content (AvgIpc) is 3.20. The third-order valence-electron chi connectivity index (χ3n) is 5.43. The van der Waals surface area contributed by atoms with Crippen LogP contribution in [-0.2, 0) is 4.79 Å². The minimum absolute atomic E-state index is 0.0394. The molecule has 2 aliphatic rings. The molecular formula is C18H24N2O3. The number of hydrazone groups is 1. The number of methoxy groups -OCH3 is 2. The summed E-state index contributed by atoms with van der Waals surface area (Å²) in [5, 5.41) is 4.12. The van der Waals surface area contributed by atoms with Crippen molar-refractivity contribution in [3.8, 4) is 11.5 Å². The molecule has 1 amide bonds. The summed E-state index contributed by atoms with van der Waals surface area (Å²) in [4.78, 5) is 12.4. The maximum atomic E-state index is 12.4. The minimum Gasteiger partial charge on any atom is -0.497 e. The predicted octanol–water partition coefficient (Wildman–Crippen LogP) is 2.98. The molecule has 1 aromatic rings. The number of fused-ring (bicyclic) bond motifs is 1. The van der Waals surface area contributed by atoms with Crippen molar-refractivity contribution >= 4 is 12.1 Å². The Bertz CT molecular complexity index is 629. The number of carbonyl (C=O) groups is 1. The molecular weight excluding hydrogens is 292 g/mol. The minimum atomic E-state index is 0.0394. The molecule has 0 bridgehead atoms. The Morgan fingerprint density at radius 3 is 2.83 bits per heavy atom. The van der Waals surface area contributed by atoms with Gasteiger partial charge in [0.25, 0.3) is 0 Å². The summed E-state index contributed by atoms with van der Waals surface area (Å²) in [6.07, 6.45) is 6.41.